The summed E-state index contributed by atoms with van der Waals surface area (Å²) < 4.78 is 16.1. The van der Waals surface area contributed by atoms with Gasteiger partial charge in [-0.15, -0.1) is 0 Å². The first-order valence-corrected chi connectivity index (χ1v) is 10.3. The smallest absolute Gasteiger partial charge is 0.380 e. The van der Waals surface area contributed by atoms with E-state index in [0.29, 0.717) is 19.0 Å². The maximum atomic E-state index is 10.5. The van der Waals surface area contributed by atoms with E-state index in [1.54, 1.807) is 13.8 Å². The standard InChI is InChI=1S/C10H14NO5PS.C7H8/c1-3-14-17(18,15-4-2)16-10-7-5-9(6-8-10)11(12)13;1-7-5-3-2-4-6-7/h5-8H,3-4H2,1-2H3;2-6H,1H3. The molecule has 0 aliphatic rings. The van der Waals surface area contributed by atoms with Gasteiger partial charge in [0.2, 0.25) is 0 Å². The molecule has 0 aliphatic heterocycles. The second kappa shape index (κ2) is 10.9. The molecule has 8 heteroatoms. The molecule has 2 aromatic carbocycles. The van der Waals surface area contributed by atoms with Crippen molar-refractivity contribution in [3.8, 4) is 5.75 Å². The summed E-state index contributed by atoms with van der Waals surface area (Å²) in [6.07, 6.45) is 0. The number of nitro benzene ring substituents is 1. The Kier molecular flexibility index (Phi) is 9.31. The van der Waals surface area contributed by atoms with Crippen LogP contribution in [0.25, 0.3) is 0 Å². The molecule has 0 fully saturated rings. The molecule has 0 aliphatic carbocycles. The van der Waals surface area contributed by atoms with Gasteiger partial charge >= 0.3 is 6.72 Å². The molecule has 0 N–H and O–H groups in total. The molecule has 0 aromatic heterocycles. The van der Waals surface area contributed by atoms with Gasteiger partial charge in [-0.2, -0.15) is 0 Å². The molecule has 136 valence electrons. The monoisotopic (exact) mass is 383 g/mol. The van der Waals surface area contributed by atoms with E-state index in [2.05, 4.69) is 19.1 Å². The van der Waals surface area contributed by atoms with E-state index in [1.807, 2.05) is 18.2 Å². The van der Waals surface area contributed by atoms with E-state index in [4.69, 9.17) is 25.4 Å². The largest absolute Gasteiger partial charge is 0.424 e. The molecule has 0 saturated heterocycles. The quantitative estimate of drug-likeness (QED) is 0.369. The zero-order chi connectivity index (χ0) is 18.7. The van der Waals surface area contributed by atoms with E-state index in [1.165, 1.54) is 29.8 Å². The molecule has 0 bridgehead atoms. The number of nitrogens with zero attached hydrogens (tertiary/aromatic N) is 1. The lowest BCUT2D eigenvalue weighted by molar-refractivity contribution is -0.384. The van der Waals surface area contributed by atoms with E-state index < -0.39 is 11.6 Å². The molecule has 0 radical (unpaired) electrons. The van der Waals surface area contributed by atoms with E-state index >= 15 is 0 Å². The van der Waals surface area contributed by atoms with Crippen molar-refractivity contribution >= 4 is 24.2 Å². The summed E-state index contributed by atoms with van der Waals surface area (Å²) >= 11 is 5.18. The summed E-state index contributed by atoms with van der Waals surface area (Å²) in [5.74, 6) is 0.394. The molecule has 6 nitrogen and oxygen atoms in total. The van der Waals surface area contributed by atoms with Gasteiger partial charge in [-0.25, -0.2) is 0 Å². The fourth-order valence-electron chi connectivity index (χ4n) is 1.70. The van der Waals surface area contributed by atoms with Crippen LogP contribution in [0.3, 0.4) is 0 Å². The Labute approximate surface area is 153 Å². The van der Waals surface area contributed by atoms with Gasteiger partial charge in [-0.3, -0.25) is 19.2 Å². The van der Waals surface area contributed by atoms with Crippen LogP contribution in [-0.2, 0) is 20.9 Å². The number of aryl methyl sites for hydroxylation is 1. The Morgan fingerprint density at radius 2 is 1.52 bits per heavy atom. The van der Waals surface area contributed by atoms with Crippen LogP contribution >= 0.6 is 6.72 Å². The number of non-ortho nitro benzene ring substituents is 1. The molecular weight excluding hydrogens is 361 g/mol. The lowest BCUT2D eigenvalue weighted by Crippen LogP contribution is -2.02. The number of benzene rings is 2. The Bertz CT molecular complexity index is 684. The minimum absolute atomic E-state index is 0.0107. The first-order chi connectivity index (χ1) is 11.9. The van der Waals surface area contributed by atoms with Crippen LogP contribution < -0.4 is 4.52 Å². The maximum Gasteiger partial charge on any atom is 0.380 e. The van der Waals surface area contributed by atoms with Gasteiger partial charge in [-0.05, 0) is 32.9 Å². The van der Waals surface area contributed by atoms with Gasteiger partial charge in [0.15, 0.2) is 0 Å². The second-order valence-electron chi connectivity index (χ2n) is 4.78. The topological polar surface area (TPSA) is 70.8 Å². The minimum atomic E-state index is -2.82. The Morgan fingerprint density at radius 3 is 1.88 bits per heavy atom. The van der Waals surface area contributed by atoms with Crippen molar-refractivity contribution in [1.82, 2.24) is 0 Å². The van der Waals surface area contributed by atoms with Gasteiger partial charge in [0.1, 0.15) is 5.75 Å². The third-order valence-corrected chi connectivity index (χ3v) is 5.22. The highest BCUT2D eigenvalue weighted by Gasteiger charge is 2.21. The molecule has 0 unspecified atom stereocenters. The number of hydrogen-bond donors (Lipinski definition) is 0. The molecule has 25 heavy (non-hydrogen) atoms. The highest BCUT2D eigenvalue weighted by atomic mass is 32.5. The van der Waals surface area contributed by atoms with Crippen LogP contribution in [0, 0.1) is 17.0 Å². The lowest BCUT2D eigenvalue weighted by atomic mass is 10.2. The zero-order valence-corrected chi connectivity index (χ0v) is 16.2. The van der Waals surface area contributed by atoms with Crippen molar-refractivity contribution in [2.75, 3.05) is 13.2 Å². The maximum absolute atomic E-state index is 10.5. The average Bonchev–Trinajstić information content (AvgIpc) is 2.57. The second-order valence-corrected chi connectivity index (χ2v) is 7.71. The fourth-order valence-corrected chi connectivity index (χ4v) is 3.78. The van der Waals surface area contributed by atoms with Crippen molar-refractivity contribution in [2.24, 2.45) is 0 Å². The van der Waals surface area contributed by atoms with Gasteiger partial charge in [-0.1, -0.05) is 35.9 Å². The third kappa shape index (κ3) is 8.23. The zero-order valence-electron chi connectivity index (χ0n) is 14.5. The van der Waals surface area contributed by atoms with Crippen molar-refractivity contribution < 1.29 is 18.5 Å². The molecule has 2 rings (SSSR count). The third-order valence-electron chi connectivity index (χ3n) is 2.78. The molecule has 0 saturated carbocycles. The highest BCUT2D eigenvalue weighted by Crippen LogP contribution is 2.49. The van der Waals surface area contributed by atoms with Gasteiger partial charge in [0.05, 0.1) is 18.1 Å². The predicted molar refractivity (Wildman–Crippen MR) is 102 cm³/mol. The van der Waals surface area contributed by atoms with Crippen molar-refractivity contribution in [3.63, 3.8) is 0 Å². The molecular formula is C17H22NO5PS. The fraction of sp³-hybridized carbons (Fsp3) is 0.294. The van der Waals surface area contributed by atoms with Gasteiger partial charge in [0, 0.05) is 23.9 Å². The van der Waals surface area contributed by atoms with Crippen molar-refractivity contribution in [2.45, 2.75) is 20.8 Å². The summed E-state index contributed by atoms with van der Waals surface area (Å²) in [5, 5.41) is 10.5. The minimum Gasteiger partial charge on any atom is -0.424 e. The Morgan fingerprint density at radius 1 is 1.00 bits per heavy atom. The summed E-state index contributed by atoms with van der Waals surface area (Å²) in [6, 6.07) is 15.9. The molecule has 0 amide bonds. The van der Waals surface area contributed by atoms with Crippen LogP contribution in [0.4, 0.5) is 5.69 Å². The van der Waals surface area contributed by atoms with Crippen molar-refractivity contribution in [1.29, 1.82) is 0 Å². The molecule has 0 atom stereocenters. The van der Waals surface area contributed by atoms with Crippen molar-refractivity contribution in [3.05, 3.63) is 70.3 Å². The number of rotatable bonds is 7. The van der Waals surface area contributed by atoms with Crippen LogP contribution in [0.5, 0.6) is 5.75 Å². The highest BCUT2D eigenvalue weighted by molar-refractivity contribution is 8.07. The molecule has 0 heterocycles. The van der Waals surface area contributed by atoms with Gasteiger partial charge < -0.3 is 4.52 Å². The molecule has 2 aromatic rings. The van der Waals surface area contributed by atoms with E-state index in [0.717, 1.165) is 0 Å². The summed E-state index contributed by atoms with van der Waals surface area (Å²) in [5.41, 5.74) is 1.31. The average molecular weight is 383 g/mol. The van der Waals surface area contributed by atoms with Crippen LogP contribution in [0.1, 0.15) is 19.4 Å². The van der Waals surface area contributed by atoms with Crippen LogP contribution in [-0.4, -0.2) is 18.1 Å². The normalized spacial score (nSPS) is 10.5. The summed E-state index contributed by atoms with van der Waals surface area (Å²) in [4.78, 5) is 10.0. The van der Waals surface area contributed by atoms with E-state index in [-0.39, 0.29) is 5.69 Å². The SMILES string of the molecule is CCOP(=S)(OCC)Oc1ccc([N+](=O)[O-])cc1.Cc1ccccc1. The van der Waals surface area contributed by atoms with Gasteiger partial charge in [0.25, 0.3) is 5.69 Å². The number of nitro groups is 1. The summed E-state index contributed by atoms with van der Waals surface area (Å²) in [6.45, 7) is 3.61. The Hall–Kier alpha value is -1.79. The first-order valence-electron chi connectivity index (χ1n) is 7.75. The first kappa shape index (κ1) is 21.3. The Balaban J connectivity index is 0.000000370. The van der Waals surface area contributed by atoms with E-state index in [9.17, 15) is 10.1 Å². The van der Waals surface area contributed by atoms with Crippen LogP contribution in [0.2, 0.25) is 0 Å². The number of hydrogen-bond acceptors (Lipinski definition) is 6. The predicted octanol–water partition coefficient (Wildman–Crippen LogP) is 5.27. The lowest BCUT2D eigenvalue weighted by Gasteiger charge is -2.20. The summed E-state index contributed by atoms with van der Waals surface area (Å²) in [7, 11) is 0. The molecule has 0 spiro atoms. The van der Waals surface area contributed by atoms with Crippen LogP contribution in [0.15, 0.2) is 54.6 Å².